The van der Waals surface area contributed by atoms with Crippen molar-refractivity contribution in [3.63, 3.8) is 0 Å². The van der Waals surface area contributed by atoms with Crippen LogP contribution < -0.4 is 16.7 Å². The summed E-state index contributed by atoms with van der Waals surface area (Å²) in [4.78, 5) is 9.20. The number of hydrogen-bond donors (Lipinski definition) is 3. The molecule has 6 heteroatoms. The number of hydrogen-bond acceptors (Lipinski definition) is 6. The maximum absolute atomic E-state index is 4.91. The molecular formula is C3H9N3O3. The van der Waals surface area contributed by atoms with Crippen molar-refractivity contribution in [2.75, 3.05) is 19.9 Å². The topological polar surface area (TPSA) is 63.8 Å². The van der Waals surface area contributed by atoms with Gasteiger partial charge in [-0.05, 0) is 0 Å². The van der Waals surface area contributed by atoms with E-state index in [4.69, 9.17) is 9.57 Å². The van der Waals surface area contributed by atoms with Crippen LogP contribution in [0.2, 0.25) is 0 Å². The van der Waals surface area contributed by atoms with Crippen molar-refractivity contribution in [3.05, 3.63) is 0 Å². The molecule has 54 valence electrons. The lowest BCUT2D eigenvalue weighted by atomic mass is 10.8. The second-order valence-corrected chi connectivity index (χ2v) is 1.35. The van der Waals surface area contributed by atoms with Crippen LogP contribution >= 0.6 is 0 Å². The highest BCUT2D eigenvalue weighted by atomic mass is 16.9. The maximum atomic E-state index is 4.91. The third kappa shape index (κ3) is 3.36. The predicted octanol–water partition coefficient (Wildman–Crippen LogP) is -1.56. The normalized spacial score (nSPS) is 24.0. The van der Waals surface area contributed by atoms with Crippen molar-refractivity contribution in [2.45, 2.75) is 0 Å². The number of rotatable bonds is 0. The van der Waals surface area contributed by atoms with Crippen molar-refractivity contribution in [1.29, 1.82) is 0 Å². The van der Waals surface area contributed by atoms with E-state index < -0.39 is 0 Å². The Labute approximate surface area is 52.3 Å². The molecule has 9 heavy (non-hydrogen) atoms. The molecule has 1 aliphatic heterocycles. The van der Waals surface area contributed by atoms with E-state index in [0.717, 1.165) is 0 Å². The minimum atomic E-state index is 0.345. The van der Waals surface area contributed by atoms with Gasteiger partial charge in [0.2, 0.25) is 0 Å². The molecule has 0 radical (unpaired) electrons. The second kappa shape index (κ2) is 4.62. The molecule has 3 N–H and O–H groups in total. The zero-order chi connectivity index (χ0) is 6.36. The highest BCUT2D eigenvalue weighted by Crippen LogP contribution is 1.74. The number of hydrazine groups is 1. The van der Waals surface area contributed by atoms with Gasteiger partial charge in [-0.2, -0.15) is 10.4 Å². The van der Waals surface area contributed by atoms with Gasteiger partial charge in [-0.3, -0.25) is 4.84 Å². The van der Waals surface area contributed by atoms with Gasteiger partial charge in [0, 0.05) is 0 Å². The Hall–Kier alpha value is -0.240. The molecule has 0 aromatic heterocycles. The summed E-state index contributed by atoms with van der Waals surface area (Å²) in [6, 6.07) is 0. The molecule has 0 aromatic carbocycles. The second-order valence-electron chi connectivity index (χ2n) is 1.35. The molecule has 0 bridgehead atoms. The largest absolute Gasteiger partial charge is 0.362 e. The summed E-state index contributed by atoms with van der Waals surface area (Å²) < 4.78 is 4.91. The molecule has 1 saturated heterocycles. The third-order valence-corrected chi connectivity index (χ3v) is 0.728. The average molecular weight is 135 g/mol. The highest BCUT2D eigenvalue weighted by molar-refractivity contribution is 4.23. The zero-order valence-corrected chi connectivity index (χ0v) is 4.85. The molecule has 0 aliphatic carbocycles. The molecule has 0 saturated carbocycles. The molecule has 1 heterocycles. The highest BCUT2D eigenvalue weighted by Gasteiger charge is 1.92. The van der Waals surface area contributed by atoms with E-state index in [-0.39, 0.29) is 0 Å². The fourth-order valence-electron chi connectivity index (χ4n) is 0.381. The SMILES string of the molecule is C1CONNONCO1. The maximum Gasteiger partial charge on any atom is 0.121 e. The molecule has 1 aliphatic rings. The van der Waals surface area contributed by atoms with Crippen molar-refractivity contribution >= 4 is 0 Å². The third-order valence-electron chi connectivity index (χ3n) is 0.728. The Morgan fingerprint density at radius 3 is 3.11 bits per heavy atom. The van der Waals surface area contributed by atoms with Gasteiger partial charge in [-0.1, -0.05) is 5.59 Å². The van der Waals surface area contributed by atoms with Crippen LogP contribution in [0.25, 0.3) is 0 Å². The van der Waals surface area contributed by atoms with Crippen molar-refractivity contribution in [2.24, 2.45) is 0 Å². The van der Waals surface area contributed by atoms with Crippen LogP contribution in [0.5, 0.6) is 0 Å². The van der Waals surface area contributed by atoms with Gasteiger partial charge in [0.15, 0.2) is 0 Å². The van der Waals surface area contributed by atoms with E-state index in [0.29, 0.717) is 19.9 Å². The van der Waals surface area contributed by atoms with Gasteiger partial charge in [-0.25, -0.2) is 0 Å². The van der Waals surface area contributed by atoms with Crippen LogP contribution in [0.4, 0.5) is 0 Å². The summed E-state index contributed by atoms with van der Waals surface area (Å²) >= 11 is 0. The first kappa shape index (κ1) is 6.87. The zero-order valence-electron chi connectivity index (χ0n) is 4.85. The Kier molecular flexibility index (Phi) is 3.53. The summed E-state index contributed by atoms with van der Waals surface area (Å²) in [6.45, 7) is 1.36. The van der Waals surface area contributed by atoms with Gasteiger partial charge in [0.1, 0.15) is 6.73 Å². The van der Waals surface area contributed by atoms with Crippen molar-refractivity contribution in [1.82, 2.24) is 16.7 Å². The summed E-state index contributed by atoms with van der Waals surface area (Å²) in [5.74, 6) is 0. The summed E-state index contributed by atoms with van der Waals surface area (Å²) in [5, 5.41) is 0. The minimum absolute atomic E-state index is 0.345. The van der Waals surface area contributed by atoms with Crippen LogP contribution in [0.3, 0.4) is 0 Å². The first-order valence-electron chi connectivity index (χ1n) is 2.58. The fraction of sp³-hybridized carbons (Fsp3) is 1.00. The average Bonchev–Trinajstić information content (AvgIpc) is 2.00. The van der Waals surface area contributed by atoms with Gasteiger partial charge >= 0.3 is 0 Å². The van der Waals surface area contributed by atoms with E-state index in [1.807, 2.05) is 0 Å². The van der Waals surface area contributed by atoms with E-state index in [1.165, 1.54) is 0 Å². The minimum Gasteiger partial charge on any atom is -0.362 e. The lowest BCUT2D eigenvalue weighted by Crippen LogP contribution is -2.36. The number of nitrogens with one attached hydrogen (secondary N) is 3. The van der Waals surface area contributed by atoms with Crippen LogP contribution in [0, 0.1) is 0 Å². The molecule has 1 rings (SSSR count). The molecular weight excluding hydrogens is 126 g/mol. The molecule has 1 fully saturated rings. The van der Waals surface area contributed by atoms with E-state index in [1.54, 1.807) is 0 Å². The lowest BCUT2D eigenvalue weighted by molar-refractivity contribution is -0.141. The first-order chi connectivity index (χ1) is 4.50. The van der Waals surface area contributed by atoms with Gasteiger partial charge in [-0.15, -0.1) is 5.59 Å². The molecule has 0 aromatic rings. The number of hydroxylamine groups is 1. The Balaban J connectivity index is 2.02. The fourth-order valence-corrected chi connectivity index (χ4v) is 0.381. The monoisotopic (exact) mass is 135 g/mol. The summed E-state index contributed by atoms with van der Waals surface area (Å²) in [7, 11) is 0. The lowest BCUT2D eigenvalue weighted by Gasteiger charge is -2.01. The van der Waals surface area contributed by atoms with Crippen molar-refractivity contribution < 1.29 is 14.5 Å². The number of ether oxygens (including phenoxy) is 1. The van der Waals surface area contributed by atoms with Gasteiger partial charge in [0.05, 0.1) is 13.2 Å². The van der Waals surface area contributed by atoms with Crippen LogP contribution in [0.1, 0.15) is 0 Å². The van der Waals surface area contributed by atoms with Crippen LogP contribution in [0.15, 0.2) is 0 Å². The van der Waals surface area contributed by atoms with Gasteiger partial charge < -0.3 is 4.74 Å². The van der Waals surface area contributed by atoms with E-state index in [2.05, 4.69) is 21.6 Å². The standard InChI is InChI=1S/C3H9N3O3/c1-2-8-5-6-9-4-3-7-1/h4-6H,1-3H2. The first-order valence-corrected chi connectivity index (χ1v) is 2.58. The Bertz CT molecular complexity index is 42.8. The smallest absolute Gasteiger partial charge is 0.121 e. The van der Waals surface area contributed by atoms with Gasteiger partial charge in [0.25, 0.3) is 0 Å². The Morgan fingerprint density at radius 1 is 1.11 bits per heavy atom. The molecule has 6 nitrogen and oxygen atoms in total. The summed E-state index contributed by atoms with van der Waals surface area (Å²) in [5.41, 5.74) is 7.03. The molecule has 0 amide bonds. The van der Waals surface area contributed by atoms with E-state index >= 15 is 0 Å². The van der Waals surface area contributed by atoms with Crippen LogP contribution in [-0.4, -0.2) is 19.9 Å². The van der Waals surface area contributed by atoms with Crippen molar-refractivity contribution in [3.8, 4) is 0 Å². The van der Waals surface area contributed by atoms with Crippen LogP contribution in [-0.2, 0) is 14.5 Å². The molecule has 0 unspecified atom stereocenters. The predicted molar refractivity (Wildman–Crippen MR) is 27.3 cm³/mol. The molecule has 0 atom stereocenters. The molecule has 0 spiro atoms. The Morgan fingerprint density at radius 2 is 2.11 bits per heavy atom. The van der Waals surface area contributed by atoms with E-state index in [9.17, 15) is 0 Å². The summed E-state index contributed by atoms with van der Waals surface area (Å²) in [6.07, 6.45) is 0. The quantitative estimate of drug-likeness (QED) is 0.373.